The molecule has 0 atom stereocenters. The smallest absolute Gasteiger partial charge is 0.164 e. The summed E-state index contributed by atoms with van der Waals surface area (Å²) < 4.78 is 0. The molecule has 0 saturated heterocycles. The minimum Gasteiger partial charge on any atom is -0.208 e. The molecular weight excluding hydrogens is 539 g/mol. The predicted octanol–water partition coefficient (Wildman–Crippen LogP) is 8.50. The lowest BCUT2D eigenvalue weighted by Crippen LogP contribution is -2.49. The summed E-state index contributed by atoms with van der Waals surface area (Å²) in [5.74, 6) is 2.06. The molecule has 4 heteroatoms. The molecule has 0 saturated carbocycles. The topological polar surface area (TPSA) is 38.7 Å². The number of hydrogen-bond acceptors (Lipinski definition) is 3. The van der Waals surface area contributed by atoms with Gasteiger partial charge in [-0.15, -0.1) is 0 Å². The maximum Gasteiger partial charge on any atom is 0.164 e. The molecule has 8 rings (SSSR count). The first-order valence-corrected chi connectivity index (χ1v) is 17.7. The lowest BCUT2D eigenvalue weighted by atomic mass is 9.94. The number of rotatable bonds is 4. The summed E-state index contributed by atoms with van der Waals surface area (Å²) in [5, 5.41) is 5.46. The molecule has 2 heterocycles. The van der Waals surface area contributed by atoms with Gasteiger partial charge >= 0.3 is 0 Å². The lowest BCUT2D eigenvalue weighted by molar-refractivity contribution is 1.07. The second-order valence-corrected chi connectivity index (χ2v) is 16.0. The Morgan fingerprint density at radius 3 is 1.65 bits per heavy atom. The third-order valence-corrected chi connectivity index (χ3v) is 12.3. The molecule has 1 aliphatic heterocycles. The van der Waals surface area contributed by atoms with E-state index >= 15 is 0 Å². The molecule has 7 aromatic rings. The van der Waals surface area contributed by atoms with Gasteiger partial charge in [0.25, 0.3) is 0 Å². The second kappa shape index (κ2) is 9.97. The minimum atomic E-state index is -1.93. The third-order valence-electron chi connectivity index (χ3n) is 8.75. The Balaban J connectivity index is 1.35. The van der Waals surface area contributed by atoms with Gasteiger partial charge in [0.2, 0.25) is 0 Å². The van der Waals surface area contributed by atoms with Crippen molar-refractivity contribution in [2.75, 3.05) is 0 Å². The summed E-state index contributed by atoms with van der Waals surface area (Å²) in [7, 11) is -1.93. The molecule has 0 bridgehead atoms. The van der Waals surface area contributed by atoms with Crippen molar-refractivity contribution in [3.05, 3.63) is 140 Å². The standard InChI is InChI=1S/C39H29N3Si/c1-43(2)33-19-11-18-32(36(33)35-31-17-10-9-14-28(31)24-25-34(35)43)39-41-37(29-15-7-4-8-16-29)40-38(42-39)30-22-20-27(21-23-30)26-12-5-3-6-13-26/h3-25H,1-2H3. The highest BCUT2D eigenvalue weighted by Gasteiger charge is 2.40. The quantitative estimate of drug-likeness (QED) is 0.200. The summed E-state index contributed by atoms with van der Waals surface area (Å²) in [6.45, 7) is 4.91. The van der Waals surface area contributed by atoms with Crippen LogP contribution in [0.2, 0.25) is 13.1 Å². The van der Waals surface area contributed by atoms with E-state index in [-0.39, 0.29) is 0 Å². The average Bonchev–Trinajstić information content (AvgIpc) is 3.32. The van der Waals surface area contributed by atoms with E-state index in [0.717, 1.165) is 16.7 Å². The summed E-state index contributed by atoms with van der Waals surface area (Å²) in [6.07, 6.45) is 0. The van der Waals surface area contributed by atoms with Crippen LogP contribution in [-0.2, 0) is 0 Å². The van der Waals surface area contributed by atoms with Crippen LogP contribution < -0.4 is 10.4 Å². The number of hydrogen-bond donors (Lipinski definition) is 0. The predicted molar refractivity (Wildman–Crippen MR) is 181 cm³/mol. The van der Waals surface area contributed by atoms with E-state index in [0.29, 0.717) is 17.5 Å². The van der Waals surface area contributed by atoms with E-state index in [4.69, 9.17) is 15.0 Å². The van der Waals surface area contributed by atoms with Crippen molar-refractivity contribution in [1.82, 2.24) is 15.0 Å². The first kappa shape index (κ1) is 25.5. The number of fused-ring (bicyclic) bond motifs is 5. The molecule has 0 aliphatic carbocycles. The summed E-state index contributed by atoms with van der Waals surface area (Å²) >= 11 is 0. The van der Waals surface area contributed by atoms with Gasteiger partial charge in [-0.2, -0.15) is 0 Å². The Kier molecular flexibility index (Phi) is 5.91. The largest absolute Gasteiger partial charge is 0.208 e. The van der Waals surface area contributed by atoms with E-state index < -0.39 is 8.07 Å². The van der Waals surface area contributed by atoms with Crippen LogP contribution in [0.5, 0.6) is 0 Å². The van der Waals surface area contributed by atoms with Crippen LogP contribution in [0.25, 0.3) is 67.2 Å². The monoisotopic (exact) mass is 567 g/mol. The van der Waals surface area contributed by atoms with Crippen LogP contribution >= 0.6 is 0 Å². The van der Waals surface area contributed by atoms with E-state index in [1.165, 1.54) is 43.4 Å². The lowest BCUT2D eigenvalue weighted by Gasteiger charge is -2.19. The van der Waals surface area contributed by atoms with Gasteiger partial charge in [0.05, 0.1) is 0 Å². The molecule has 0 unspecified atom stereocenters. The summed E-state index contributed by atoms with van der Waals surface area (Å²) in [5.41, 5.74) is 7.98. The maximum atomic E-state index is 5.17. The zero-order valence-electron chi connectivity index (χ0n) is 24.1. The highest BCUT2D eigenvalue weighted by atomic mass is 28.3. The first-order valence-electron chi connectivity index (χ1n) is 14.7. The van der Waals surface area contributed by atoms with Crippen LogP contribution in [0.1, 0.15) is 0 Å². The molecule has 1 aromatic heterocycles. The molecule has 6 aromatic carbocycles. The van der Waals surface area contributed by atoms with Crippen molar-refractivity contribution in [2.45, 2.75) is 13.1 Å². The van der Waals surface area contributed by atoms with Gasteiger partial charge in [-0.1, -0.05) is 153 Å². The molecule has 1 aliphatic rings. The molecule has 3 nitrogen and oxygen atoms in total. The van der Waals surface area contributed by atoms with E-state index in [2.05, 4.69) is 128 Å². The van der Waals surface area contributed by atoms with E-state index in [1.807, 2.05) is 24.3 Å². The Morgan fingerprint density at radius 1 is 0.395 bits per heavy atom. The molecule has 0 N–H and O–H groups in total. The van der Waals surface area contributed by atoms with Crippen molar-refractivity contribution < 1.29 is 0 Å². The Morgan fingerprint density at radius 2 is 0.930 bits per heavy atom. The Hall–Kier alpha value is -5.19. The van der Waals surface area contributed by atoms with Crippen molar-refractivity contribution in [3.63, 3.8) is 0 Å². The van der Waals surface area contributed by atoms with Gasteiger partial charge in [-0.3, -0.25) is 0 Å². The van der Waals surface area contributed by atoms with Crippen LogP contribution in [0, 0.1) is 0 Å². The van der Waals surface area contributed by atoms with Crippen molar-refractivity contribution in [1.29, 1.82) is 0 Å². The zero-order valence-corrected chi connectivity index (χ0v) is 25.1. The second-order valence-electron chi connectivity index (χ2n) is 11.7. The van der Waals surface area contributed by atoms with Gasteiger partial charge < -0.3 is 0 Å². The van der Waals surface area contributed by atoms with Gasteiger partial charge in [-0.25, -0.2) is 15.0 Å². The van der Waals surface area contributed by atoms with Crippen molar-refractivity contribution >= 4 is 29.2 Å². The number of aromatic nitrogens is 3. The normalized spacial score (nSPS) is 13.1. The number of nitrogens with zero attached hydrogens (tertiary/aromatic N) is 3. The highest BCUT2D eigenvalue weighted by Crippen LogP contribution is 2.40. The molecular formula is C39H29N3Si. The fourth-order valence-corrected chi connectivity index (χ4v) is 9.59. The Labute approximate surface area is 252 Å². The molecule has 0 amide bonds. The maximum absolute atomic E-state index is 5.17. The van der Waals surface area contributed by atoms with E-state index in [9.17, 15) is 0 Å². The highest BCUT2D eigenvalue weighted by molar-refractivity contribution is 7.04. The van der Waals surface area contributed by atoms with E-state index in [1.54, 1.807) is 0 Å². The fourth-order valence-electron chi connectivity index (χ4n) is 6.52. The third kappa shape index (κ3) is 4.22. The minimum absolute atomic E-state index is 0.675. The van der Waals surface area contributed by atoms with Crippen LogP contribution in [0.4, 0.5) is 0 Å². The first-order chi connectivity index (χ1) is 21.1. The summed E-state index contributed by atoms with van der Waals surface area (Å²) in [6, 6.07) is 49.2. The van der Waals surface area contributed by atoms with Crippen LogP contribution in [0.3, 0.4) is 0 Å². The van der Waals surface area contributed by atoms with Gasteiger partial charge in [0.15, 0.2) is 17.5 Å². The fraction of sp³-hybridized carbons (Fsp3) is 0.0513. The molecule has 0 radical (unpaired) electrons. The van der Waals surface area contributed by atoms with Crippen LogP contribution in [0.15, 0.2) is 140 Å². The van der Waals surface area contributed by atoms with Gasteiger partial charge in [0.1, 0.15) is 8.07 Å². The number of benzene rings is 6. The van der Waals surface area contributed by atoms with Crippen molar-refractivity contribution in [3.8, 4) is 56.4 Å². The molecule has 43 heavy (non-hydrogen) atoms. The Bertz CT molecular complexity index is 2140. The molecule has 204 valence electrons. The van der Waals surface area contributed by atoms with Crippen molar-refractivity contribution in [2.24, 2.45) is 0 Å². The van der Waals surface area contributed by atoms with Gasteiger partial charge in [0, 0.05) is 16.7 Å². The van der Waals surface area contributed by atoms with Gasteiger partial charge in [-0.05, 0) is 43.4 Å². The molecule has 0 spiro atoms. The molecule has 0 fully saturated rings. The average molecular weight is 568 g/mol. The summed E-state index contributed by atoms with van der Waals surface area (Å²) in [4.78, 5) is 15.3. The SMILES string of the molecule is C[Si]1(C)c2cccc(-c3nc(-c4ccccc4)nc(-c4ccc(-c5ccccc5)cc4)n3)c2-c2c1ccc1ccccc21. The zero-order chi connectivity index (χ0) is 29.0. The van der Waals surface area contributed by atoms with Crippen LogP contribution in [-0.4, -0.2) is 23.0 Å².